The molecule has 0 aliphatic carbocycles. The largest absolute Gasteiger partial charge is 0.493 e. The lowest BCUT2D eigenvalue weighted by Gasteiger charge is -2.07. The Balaban J connectivity index is 2.07. The predicted molar refractivity (Wildman–Crippen MR) is 75.0 cm³/mol. The third-order valence-corrected chi connectivity index (χ3v) is 2.48. The Morgan fingerprint density at radius 1 is 1.16 bits per heavy atom. The highest BCUT2D eigenvalue weighted by atomic mass is 16.5. The van der Waals surface area contributed by atoms with Crippen LogP contribution in [0.4, 0.5) is 5.69 Å². The molecule has 5 heteroatoms. The van der Waals surface area contributed by atoms with Crippen molar-refractivity contribution in [3.05, 3.63) is 48.3 Å². The highest BCUT2D eigenvalue weighted by molar-refractivity contribution is 5.81. The first kappa shape index (κ1) is 12.9. The van der Waals surface area contributed by atoms with E-state index in [2.05, 4.69) is 15.5 Å². The summed E-state index contributed by atoms with van der Waals surface area (Å²) in [6.45, 7) is 0. The van der Waals surface area contributed by atoms with E-state index in [1.54, 1.807) is 32.8 Å². The van der Waals surface area contributed by atoms with E-state index in [9.17, 15) is 0 Å². The van der Waals surface area contributed by atoms with E-state index in [1.165, 1.54) is 0 Å². The van der Waals surface area contributed by atoms with Crippen molar-refractivity contribution >= 4 is 11.9 Å². The number of anilines is 1. The number of rotatable bonds is 5. The van der Waals surface area contributed by atoms with Crippen LogP contribution in [-0.2, 0) is 0 Å². The predicted octanol–water partition coefficient (Wildman–Crippen LogP) is 2.54. The van der Waals surface area contributed by atoms with Gasteiger partial charge in [-0.1, -0.05) is 0 Å². The molecule has 2 aromatic rings. The van der Waals surface area contributed by atoms with Gasteiger partial charge < -0.3 is 9.47 Å². The summed E-state index contributed by atoms with van der Waals surface area (Å²) in [5.74, 6) is 1.37. The van der Waals surface area contributed by atoms with E-state index in [-0.39, 0.29) is 0 Å². The Morgan fingerprint density at radius 2 is 2.00 bits per heavy atom. The molecule has 0 aliphatic rings. The van der Waals surface area contributed by atoms with Crippen LogP contribution in [0.25, 0.3) is 0 Å². The third-order valence-electron chi connectivity index (χ3n) is 2.48. The summed E-state index contributed by atoms with van der Waals surface area (Å²) in [5, 5.41) is 4.13. The quantitative estimate of drug-likeness (QED) is 0.660. The SMILES string of the molecule is COc1ccc(/C=N/Nc2cccnc2)cc1OC. The maximum atomic E-state index is 5.22. The van der Waals surface area contributed by atoms with Gasteiger partial charge in [0, 0.05) is 6.20 Å². The number of hydrazone groups is 1. The molecule has 1 N–H and O–H groups in total. The van der Waals surface area contributed by atoms with Crippen molar-refractivity contribution in [1.82, 2.24) is 4.98 Å². The summed E-state index contributed by atoms with van der Waals surface area (Å²) in [7, 11) is 3.21. The lowest BCUT2D eigenvalue weighted by molar-refractivity contribution is 0.355. The number of ether oxygens (including phenoxy) is 2. The first-order valence-electron chi connectivity index (χ1n) is 5.74. The van der Waals surface area contributed by atoms with Crippen molar-refractivity contribution in [1.29, 1.82) is 0 Å². The molecule has 98 valence electrons. The molecule has 19 heavy (non-hydrogen) atoms. The number of pyridine rings is 1. The second-order valence-corrected chi connectivity index (χ2v) is 3.73. The van der Waals surface area contributed by atoms with Crippen molar-refractivity contribution in [2.75, 3.05) is 19.6 Å². The third kappa shape index (κ3) is 3.45. The van der Waals surface area contributed by atoms with Gasteiger partial charge in [-0.2, -0.15) is 5.10 Å². The van der Waals surface area contributed by atoms with Crippen molar-refractivity contribution in [2.24, 2.45) is 5.10 Å². The fourth-order valence-electron chi connectivity index (χ4n) is 1.54. The number of hydrogen-bond donors (Lipinski definition) is 1. The molecule has 0 spiro atoms. The highest BCUT2D eigenvalue weighted by Crippen LogP contribution is 2.26. The molecule has 0 atom stereocenters. The Hall–Kier alpha value is -2.56. The van der Waals surface area contributed by atoms with Gasteiger partial charge in [0.2, 0.25) is 0 Å². The summed E-state index contributed by atoms with van der Waals surface area (Å²) in [5.41, 5.74) is 4.64. The number of aromatic nitrogens is 1. The molecule has 0 fully saturated rings. The zero-order chi connectivity index (χ0) is 13.5. The van der Waals surface area contributed by atoms with E-state index in [0.29, 0.717) is 11.5 Å². The number of methoxy groups -OCH3 is 2. The van der Waals surface area contributed by atoms with Crippen molar-refractivity contribution < 1.29 is 9.47 Å². The molecule has 2 rings (SSSR count). The lowest BCUT2D eigenvalue weighted by Crippen LogP contribution is -1.94. The topological polar surface area (TPSA) is 55.7 Å². The summed E-state index contributed by atoms with van der Waals surface area (Å²) in [4.78, 5) is 3.99. The molecule has 1 aromatic carbocycles. The second kappa shape index (κ2) is 6.39. The monoisotopic (exact) mass is 257 g/mol. The molecule has 0 radical (unpaired) electrons. The minimum atomic E-state index is 0.674. The van der Waals surface area contributed by atoms with Crippen LogP contribution in [0.15, 0.2) is 47.8 Å². The number of benzene rings is 1. The fourth-order valence-corrected chi connectivity index (χ4v) is 1.54. The van der Waals surface area contributed by atoms with Crippen LogP contribution >= 0.6 is 0 Å². The van der Waals surface area contributed by atoms with E-state index < -0.39 is 0 Å². The zero-order valence-corrected chi connectivity index (χ0v) is 10.8. The van der Waals surface area contributed by atoms with Gasteiger partial charge in [-0.15, -0.1) is 0 Å². The van der Waals surface area contributed by atoms with Crippen LogP contribution in [0.2, 0.25) is 0 Å². The Labute approximate surface area is 111 Å². The van der Waals surface area contributed by atoms with Crippen LogP contribution in [0.5, 0.6) is 11.5 Å². The highest BCUT2D eigenvalue weighted by Gasteiger charge is 2.02. The summed E-state index contributed by atoms with van der Waals surface area (Å²) in [6, 6.07) is 9.32. The van der Waals surface area contributed by atoms with Crippen LogP contribution in [-0.4, -0.2) is 25.4 Å². The Kier molecular flexibility index (Phi) is 4.34. The number of nitrogens with zero attached hydrogens (tertiary/aromatic N) is 2. The van der Waals surface area contributed by atoms with E-state index in [4.69, 9.17) is 9.47 Å². The average molecular weight is 257 g/mol. The Morgan fingerprint density at radius 3 is 2.68 bits per heavy atom. The van der Waals surface area contributed by atoms with Crippen molar-refractivity contribution in [3.63, 3.8) is 0 Å². The molecule has 5 nitrogen and oxygen atoms in total. The van der Waals surface area contributed by atoms with Crippen LogP contribution in [0.3, 0.4) is 0 Å². The molecule has 0 saturated heterocycles. The number of hydrogen-bond acceptors (Lipinski definition) is 5. The molecule has 1 heterocycles. The second-order valence-electron chi connectivity index (χ2n) is 3.73. The fraction of sp³-hybridized carbons (Fsp3) is 0.143. The van der Waals surface area contributed by atoms with Crippen LogP contribution in [0, 0.1) is 0 Å². The molecule has 0 aliphatic heterocycles. The van der Waals surface area contributed by atoms with Gasteiger partial charge in [-0.05, 0) is 35.9 Å². The minimum Gasteiger partial charge on any atom is -0.493 e. The van der Waals surface area contributed by atoms with Crippen molar-refractivity contribution in [3.8, 4) is 11.5 Å². The maximum Gasteiger partial charge on any atom is 0.161 e. The normalized spacial score (nSPS) is 10.4. The molecular weight excluding hydrogens is 242 g/mol. The van der Waals surface area contributed by atoms with Crippen LogP contribution in [0.1, 0.15) is 5.56 Å². The molecular formula is C14H15N3O2. The van der Waals surface area contributed by atoms with Gasteiger partial charge in [0.05, 0.1) is 32.3 Å². The average Bonchev–Trinajstić information content (AvgIpc) is 2.48. The van der Waals surface area contributed by atoms with E-state index >= 15 is 0 Å². The van der Waals surface area contributed by atoms with Gasteiger partial charge >= 0.3 is 0 Å². The first-order valence-corrected chi connectivity index (χ1v) is 5.74. The maximum absolute atomic E-state index is 5.22. The summed E-state index contributed by atoms with van der Waals surface area (Å²) < 4.78 is 10.4. The molecule has 0 amide bonds. The van der Waals surface area contributed by atoms with Gasteiger partial charge in [0.15, 0.2) is 11.5 Å². The molecule has 1 aromatic heterocycles. The molecule has 0 bridgehead atoms. The van der Waals surface area contributed by atoms with Gasteiger partial charge in [-0.3, -0.25) is 10.4 Å². The number of nitrogens with one attached hydrogen (secondary N) is 1. The van der Waals surface area contributed by atoms with E-state index in [1.807, 2.05) is 30.3 Å². The zero-order valence-electron chi connectivity index (χ0n) is 10.8. The van der Waals surface area contributed by atoms with Gasteiger partial charge in [0.25, 0.3) is 0 Å². The molecule has 0 unspecified atom stereocenters. The summed E-state index contributed by atoms with van der Waals surface area (Å²) in [6.07, 6.45) is 5.12. The molecule has 0 saturated carbocycles. The van der Waals surface area contributed by atoms with Gasteiger partial charge in [0.1, 0.15) is 0 Å². The van der Waals surface area contributed by atoms with Gasteiger partial charge in [-0.25, -0.2) is 0 Å². The lowest BCUT2D eigenvalue weighted by atomic mass is 10.2. The Bertz CT molecular complexity index is 556. The van der Waals surface area contributed by atoms with Crippen LogP contribution < -0.4 is 14.9 Å². The smallest absolute Gasteiger partial charge is 0.161 e. The first-order chi connectivity index (χ1) is 9.33. The van der Waals surface area contributed by atoms with E-state index in [0.717, 1.165) is 11.3 Å². The standard InChI is InChI=1S/C14H15N3O2/c1-18-13-6-5-11(8-14(13)19-2)9-16-17-12-4-3-7-15-10-12/h3-10,17H,1-2H3/b16-9+. The van der Waals surface area contributed by atoms with Crippen molar-refractivity contribution in [2.45, 2.75) is 0 Å². The summed E-state index contributed by atoms with van der Waals surface area (Å²) >= 11 is 0. The minimum absolute atomic E-state index is 0.674.